The molecule has 0 atom stereocenters. The Morgan fingerprint density at radius 3 is 1.83 bits per heavy atom. The van der Waals surface area contributed by atoms with Gasteiger partial charge in [0.15, 0.2) is 0 Å². The molecule has 0 aromatic heterocycles. The highest BCUT2D eigenvalue weighted by Gasteiger charge is 2.35. The Bertz CT molecular complexity index is 746. The summed E-state index contributed by atoms with van der Waals surface area (Å²) in [4.78, 5) is 0. The maximum Gasteiger partial charge on any atom is 0.141 e. The number of rotatable bonds is 4. The van der Waals surface area contributed by atoms with E-state index in [0.29, 0.717) is 5.75 Å². The molecule has 3 rings (SSSR count). The number of benzene rings is 3. The number of hydrogen-bond acceptors (Lipinski definition) is 2. The fraction of sp³-hybridized carbons (Fsp3) is 0.100. The van der Waals surface area contributed by atoms with Gasteiger partial charge in [-0.05, 0) is 29.3 Å². The number of ether oxygens (including phenoxy) is 1. The highest BCUT2D eigenvalue weighted by Crippen LogP contribution is 2.41. The van der Waals surface area contributed by atoms with E-state index in [4.69, 9.17) is 4.74 Å². The zero-order valence-corrected chi connectivity index (χ0v) is 14.3. The van der Waals surface area contributed by atoms with Gasteiger partial charge in [0.2, 0.25) is 0 Å². The molecule has 3 aromatic carbocycles. The summed E-state index contributed by atoms with van der Waals surface area (Å²) in [6.07, 6.45) is 0. The van der Waals surface area contributed by atoms with E-state index in [1.54, 1.807) is 7.11 Å². The average Bonchev–Trinajstić information content (AvgIpc) is 2.63. The fourth-order valence-electron chi connectivity index (χ4n) is 2.75. The normalized spacial score (nSPS) is 11.3. The first-order valence-corrected chi connectivity index (χ1v) is 8.13. The molecule has 0 fully saturated rings. The highest BCUT2D eigenvalue weighted by molar-refractivity contribution is 9.10. The molecule has 0 saturated heterocycles. The van der Waals surface area contributed by atoms with E-state index in [1.807, 2.05) is 78.9 Å². The summed E-state index contributed by atoms with van der Waals surface area (Å²) in [5.74, 6) is 0.702. The molecule has 3 heteroatoms. The Morgan fingerprint density at radius 1 is 0.826 bits per heavy atom. The minimum atomic E-state index is -1.27. The maximum atomic E-state index is 11.7. The fourth-order valence-corrected chi connectivity index (χ4v) is 3.28. The van der Waals surface area contributed by atoms with Gasteiger partial charge in [-0.3, -0.25) is 0 Å². The van der Waals surface area contributed by atoms with Crippen LogP contribution in [-0.2, 0) is 5.60 Å². The van der Waals surface area contributed by atoms with E-state index in [2.05, 4.69) is 15.9 Å². The Hall–Kier alpha value is -2.10. The Morgan fingerprint density at radius 2 is 1.35 bits per heavy atom. The Labute approximate surface area is 144 Å². The third kappa shape index (κ3) is 2.90. The van der Waals surface area contributed by atoms with Gasteiger partial charge < -0.3 is 9.84 Å². The molecular formula is C20H17BrO2. The predicted octanol–water partition coefficient (Wildman–Crippen LogP) is 4.74. The third-order valence-electron chi connectivity index (χ3n) is 3.95. The van der Waals surface area contributed by atoms with Crippen molar-refractivity contribution in [2.24, 2.45) is 0 Å². The van der Waals surface area contributed by atoms with E-state index in [1.165, 1.54) is 0 Å². The van der Waals surface area contributed by atoms with Crippen LogP contribution >= 0.6 is 15.9 Å². The second kappa shape index (κ2) is 6.57. The van der Waals surface area contributed by atoms with E-state index in [0.717, 1.165) is 21.2 Å². The molecule has 0 spiro atoms. The minimum absolute atomic E-state index is 0.702. The number of hydrogen-bond donors (Lipinski definition) is 1. The van der Waals surface area contributed by atoms with Crippen LogP contribution in [0.15, 0.2) is 83.3 Å². The lowest BCUT2D eigenvalue weighted by atomic mass is 9.80. The van der Waals surface area contributed by atoms with Crippen LogP contribution in [0.1, 0.15) is 16.7 Å². The summed E-state index contributed by atoms with van der Waals surface area (Å²) in [6.45, 7) is 0. The largest absolute Gasteiger partial charge is 0.497 e. The van der Waals surface area contributed by atoms with E-state index >= 15 is 0 Å². The summed E-state index contributed by atoms with van der Waals surface area (Å²) in [5.41, 5.74) is 1.09. The lowest BCUT2D eigenvalue weighted by Gasteiger charge is -2.31. The first kappa shape index (κ1) is 15.8. The smallest absolute Gasteiger partial charge is 0.141 e. The third-order valence-corrected chi connectivity index (χ3v) is 4.64. The van der Waals surface area contributed by atoms with E-state index in [-0.39, 0.29) is 0 Å². The van der Waals surface area contributed by atoms with Gasteiger partial charge >= 0.3 is 0 Å². The van der Waals surface area contributed by atoms with Crippen LogP contribution in [0.2, 0.25) is 0 Å². The van der Waals surface area contributed by atoms with Crippen molar-refractivity contribution in [1.82, 2.24) is 0 Å². The van der Waals surface area contributed by atoms with Crippen molar-refractivity contribution in [1.29, 1.82) is 0 Å². The van der Waals surface area contributed by atoms with Gasteiger partial charge in [0.05, 0.1) is 7.11 Å². The van der Waals surface area contributed by atoms with Crippen molar-refractivity contribution in [3.63, 3.8) is 0 Å². The quantitative estimate of drug-likeness (QED) is 0.673. The second-order valence-corrected chi connectivity index (χ2v) is 6.14. The van der Waals surface area contributed by atoms with Crippen LogP contribution in [0.25, 0.3) is 0 Å². The lowest BCUT2D eigenvalue weighted by Crippen LogP contribution is -2.29. The van der Waals surface area contributed by atoms with Gasteiger partial charge in [-0.2, -0.15) is 0 Å². The van der Waals surface area contributed by atoms with Crippen molar-refractivity contribution in [3.05, 3.63) is 100 Å². The summed E-state index contributed by atoms with van der Waals surface area (Å²) < 4.78 is 6.17. The first-order valence-electron chi connectivity index (χ1n) is 7.33. The van der Waals surface area contributed by atoms with Crippen LogP contribution in [0, 0.1) is 0 Å². The minimum Gasteiger partial charge on any atom is -0.497 e. The Balaban J connectivity index is 2.29. The van der Waals surface area contributed by atoms with Crippen LogP contribution in [-0.4, -0.2) is 12.2 Å². The molecule has 0 bridgehead atoms. The molecular weight excluding hydrogens is 352 g/mol. The van der Waals surface area contributed by atoms with Gasteiger partial charge in [0, 0.05) is 10.0 Å². The summed E-state index contributed by atoms with van der Waals surface area (Å²) in [6, 6.07) is 24.9. The molecule has 0 unspecified atom stereocenters. The molecule has 0 aliphatic heterocycles. The molecule has 1 N–H and O–H groups in total. The summed E-state index contributed by atoms with van der Waals surface area (Å²) >= 11 is 3.57. The Kier molecular flexibility index (Phi) is 4.51. The van der Waals surface area contributed by atoms with Crippen LogP contribution in [0.4, 0.5) is 0 Å². The molecule has 116 valence electrons. The number of methoxy groups -OCH3 is 1. The standard InChI is InChI=1S/C20H17BrO2/c1-23-17-12-13-19(21)18(14-17)20(22,15-8-4-2-5-9-15)16-10-6-3-7-11-16/h2-14,22H,1H3. The van der Waals surface area contributed by atoms with Gasteiger partial charge in [-0.15, -0.1) is 0 Å². The molecule has 0 amide bonds. The summed E-state index contributed by atoms with van der Waals surface area (Å²) in [5, 5.41) is 11.7. The second-order valence-electron chi connectivity index (χ2n) is 5.29. The predicted molar refractivity (Wildman–Crippen MR) is 95.7 cm³/mol. The summed E-state index contributed by atoms with van der Waals surface area (Å²) in [7, 11) is 1.62. The van der Waals surface area contributed by atoms with Gasteiger partial charge in [-0.25, -0.2) is 0 Å². The molecule has 23 heavy (non-hydrogen) atoms. The van der Waals surface area contributed by atoms with Gasteiger partial charge in [-0.1, -0.05) is 76.6 Å². The SMILES string of the molecule is COc1ccc(Br)c(C(O)(c2ccccc2)c2ccccc2)c1. The van der Waals surface area contributed by atoms with E-state index in [9.17, 15) is 5.11 Å². The highest BCUT2D eigenvalue weighted by atomic mass is 79.9. The molecule has 2 nitrogen and oxygen atoms in total. The maximum absolute atomic E-state index is 11.7. The zero-order chi connectivity index (χ0) is 16.3. The topological polar surface area (TPSA) is 29.5 Å². The van der Waals surface area contributed by atoms with Crippen LogP contribution in [0.3, 0.4) is 0 Å². The van der Waals surface area contributed by atoms with Crippen molar-refractivity contribution in [2.75, 3.05) is 7.11 Å². The molecule has 0 heterocycles. The van der Waals surface area contributed by atoms with Crippen molar-refractivity contribution in [2.45, 2.75) is 5.60 Å². The molecule has 0 aliphatic carbocycles. The molecule has 0 aliphatic rings. The monoisotopic (exact) mass is 368 g/mol. The molecule has 0 saturated carbocycles. The zero-order valence-electron chi connectivity index (χ0n) is 12.7. The van der Waals surface area contributed by atoms with Crippen molar-refractivity contribution in [3.8, 4) is 5.75 Å². The van der Waals surface area contributed by atoms with Crippen molar-refractivity contribution >= 4 is 15.9 Å². The van der Waals surface area contributed by atoms with Gasteiger partial charge in [0.25, 0.3) is 0 Å². The molecule has 3 aromatic rings. The van der Waals surface area contributed by atoms with E-state index < -0.39 is 5.60 Å². The van der Waals surface area contributed by atoms with Crippen LogP contribution in [0.5, 0.6) is 5.75 Å². The number of halogens is 1. The number of aliphatic hydroxyl groups is 1. The van der Waals surface area contributed by atoms with Crippen molar-refractivity contribution < 1.29 is 9.84 Å². The average molecular weight is 369 g/mol. The first-order chi connectivity index (χ1) is 11.2. The lowest BCUT2D eigenvalue weighted by molar-refractivity contribution is 0.124. The van der Waals surface area contributed by atoms with Gasteiger partial charge in [0.1, 0.15) is 11.4 Å². The van der Waals surface area contributed by atoms with Crippen LogP contribution < -0.4 is 4.74 Å². The molecule has 0 radical (unpaired) electrons.